The third kappa shape index (κ3) is 4.61. The summed E-state index contributed by atoms with van der Waals surface area (Å²) in [6, 6.07) is 8.64. The van der Waals surface area contributed by atoms with Crippen LogP contribution in [0, 0.1) is 49.4 Å². The van der Waals surface area contributed by atoms with Gasteiger partial charge in [0, 0.05) is 67.2 Å². The first-order valence-corrected chi connectivity index (χ1v) is 6.71. The summed E-state index contributed by atoms with van der Waals surface area (Å²) in [5.74, 6) is -3.37. The Labute approximate surface area is 190 Å². The van der Waals surface area contributed by atoms with Crippen molar-refractivity contribution < 1.29 is 83.4 Å². The monoisotopic (exact) mass is 523 g/mol. The van der Waals surface area contributed by atoms with E-state index in [1.54, 1.807) is 6.07 Å². The first-order chi connectivity index (χ1) is 11.3. The van der Waals surface area contributed by atoms with Gasteiger partial charge in [0.15, 0.2) is 0 Å². The van der Waals surface area contributed by atoms with Gasteiger partial charge in [-0.15, -0.1) is 0 Å². The maximum Gasteiger partial charge on any atom is 0.455 e. The largest absolute Gasteiger partial charge is 0.506 e. The van der Waals surface area contributed by atoms with E-state index in [1.807, 2.05) is 0 Å². The van der Waals surface area contributed by atoms with Gasteiger partial charge in [0.1, 0.15) is 11.3 Å². The van der Waals surface area contributed by atoms with Crippen LogP contribution in [0.2, 0.25) is 0 Å². The van der Waals surface area contributed by atoms with Gasteiger partial charge in [-0.3, -0.25) is 19.1 Å². The van der Waals surface area contributed by atoms with Gasteiger partial charge in [0.25, 0.3) is 11.3 Å². The van der Waals surface area contributed by atoms with Gasteiger partial charge in [-0.1, -0.05) is 12.1 Å². The normalized spacial score (nSPS) is 10.3. The van der Waals surface area contributed by atoms with Crippen molar-refractivity contribution in [3.8, 4) is 11.4 Å². The quantitative estimate of drug-likeness (QED) is 0.506. The molecular weight excluding hydrogens is 509 g/mol. The Morgan fingerprint density at radius 1 is 1.04 bits per heavy atom. The van der Waals surface area contributed by atoms with Crippen molar-refractivity contribution >= 4 is 16.7 Å². The SMILES string of the molecule is O.O.O=C(c1c(O)c2ccccc2n(-c2ccncc2)c1=O)C(F)(F)F.[Eu]. The molecule has 1 aromatic carbocycles. The molecule has 2 heterocycles. The number of hydrogen-bond donors (Lipinski definition) is 1. The summed E-state index contributed by atoms with van der Waals surface area (Å²) in [5, 5.41) is 10.0. The van der Waals surface area contributed by atoms with Gasteiger partial charge in [0.05, 0.1) is 11.2 Å². The zero-order chi connectivity index (χ0) is 17.5. The number of hydrogen-bond acceptors (Lipinski definition) is 4. The number of benzene rings is 1. The Morgan fingerprint density at radius 3 is 2.15 bits per heavy atom. The number of alkyl halides is 3. The van der Waals surface area contributed by atoms with Crippen LogP contribution in [-0.2, 0) is 0 Å². The van der Waals surface area contributed by atoms with Crippen LogP contribution < -0.4 is 5.56 Å². The van der Waals surface area contributed by atoms with E-state index in [0.29, 0.717) is 0 Å². The smallest absolute Gasteiger partial charge is 0.455 e. The number of carbonyl (C=O) groups is 1. The van der Waals surface area contributed by atoms with Gasteiger partial charge >= 0.3 is 6.18 Å². The number of aromatic nitrogens is 2. The van der Waals surface area contributed by atoms with Gasteiger partial charge in [-0.2, -0.15) is 13.2 Å². The number of aromatic hydroxyl groups is 1. The predicted molar refractivity (Wildman–Crippen MR) is 86.6 cm³/mol. The standard InChI is InChI=1S/C16H9F3N2O3.Eu.2H2O/c17-16(18,19)14(23)12-13(22)10-3-1-2-4-11(10)21(15(12)24)9-5-7-20-8-6-9;;;/h1-8,22H;;2*1H2. The molecule has 0 saturated carbocycles. The summed E-state index contributed by atoms with van der Waals surface area (Å²) in [6.45, 7) is 0. The Hall–Kier alpha value is -1.66. The number of carbonyl (C=O) groups excluding carboxylic acids is 1. The van der Waals surface area contributed by atoms with E-state index in [0.717, 1.165) is 4.57 Å². The molecule has 0 fully saturated rings. The van der Waals surface area contributed by atoms with Crippen LogP contribution in [0.25, 0.3) is 16.6 Å². The van der Waals surface area contributed by atoms with Crippen molar-refractivity contribution in [3.63, 3.8) is 0 Å². The summed E-state index contributed by atoms with van der Waals surface area (Å²) in [4.78, 5) is 28.0. The second-order valence-electron chi connectivity index (χ2n) is 4.91. The van der Waals surface area contributed by atoms with E-state index in [1.165, 1.54) is 42.7 Å². The minimum atomic E-state index is -5.28. The molecule has 0 atom stereocenters. The molecule has 0 aliphatic carbocycles. The molecule has 0 saturated heterocycles. The maximum absolute atomic E-state index is 12.8. The van der Waals surface area contributed by atoms with E-state index < -0.39 is 28.8 Å². The Morgan fingerprint density at radius 2 is 1.59 bits per heavy atom. The topological polar surface area (TPSA) is 135 Å². The fourth-order valence-electron chi connectivity index (χ4n) is 2.42. The number of halogens is 3. The average Bonchev–Trinajstić information content (AvgIpc) is 2.55. The number of pyridine rings is 2. The molecule has 0 aliphatic heterocycles. The maximum atomic E-state index is 12.8. The van der Waals surface area contributed by atoms with Crippen molar-refractivity contribution in [3.05, 3.63) is 64.7 Å². The summed E-state index contributed by atoms with van der Waals surface area (Å²) in [6.07, 6.45) is -2.57. The summed E-state index contributed by atoms with van der Waals surface area (Å²) in [5.41, 5.74) is -2.16. The molecule has 5 N–H and O–H groups in total. The van der Waals surface area contributed by atoms with Gasteiger partial charge in [-0.25, -0.2) is 0 Å². The number of Topliss-reactive ketones (excluding diaryl/α,β-unsaturated/α-hetero) is 1. The molecule has 2 aromatic heterocycles. The van der Waals surface area contributed by atoms with Crippen LogP contribution >= 0.6 is 0 Å². The van der Waals surface area contributed by atoms with E-state index in [2.05, 4.69) is 4.98 Å². The minimum absolute atomic E-state index is 0. The third-order valence-corrected chi connectivity index (χ3v) is 3.46. The van der Waals surface area contributed by atoms with Crippen LogP contribution in [-0.4, -0.2) is 37.6 Å². The first kappa shape index (κ1) is 25.3. The van der Waals surface area contributed by atoms with E-state index in [4.69, 9.17) is 0 Å². The minimum Gasteiger partial charge on any atom is -0.506 e. The molecular formula is C16H13EuF3N2O5. The molecule has 3 rings (SSSR count). The molecule has 0 bridgehead atoms. The van der Waals surface area contributed by atoms with E-state index in [9.17, 15) is 27.9 Å². The predicted octanol–water partition coefficient (Wildman–Crippen LogP) is 1.19. The zero-order valence-corrected chi connectivity index (χ0v) is 15.7. The molecule has 0 unspecified atom stereocenters. The molecule has 1 radical (unpaired) electrons. The second-order valence-corrected chi connectivity index (χ2v) is 4.91. The Bertz CT molecular complexity index is 1010. The van der Waals surface area contributed by atoms with Crippen molar-refractivity contribution in [2.24, 2.45) is 0 Å². The van der Waals surface area contributed by atoms with Crippen molar-refractivity contribution in [1.29, 1.82) is 0 Å². The van der Waals surface area contributed by atoms with E-state index >= 15 is 0 Å². The van der Waals surface area contributed by atoms with Crippen LogP contribution in [0.15, 0.2) is 53.6 Å². The van der Waals surface area contributed by atoms with Gasteiger partial charge in [-0.05, 0) is 24.3 Å². The van der Waals surface area contributed by atoms with Crippen LogP contribution in [0.1, 0.15) is 10.4 Å². The second kappa shape index (κ2) is 9.51. The molecule has 27 heavy (non-hydrogen) atoms. The number of ketones is 1. The van der Waals surface area contributed by atoms with Crippen LogP contribution in [0.5, 0.6) is 5.75 Å². The number of nitrogens with zero attached hydrogens (tertiary/aromatic N) is 2. The molecule has 3 aromatic rings. The molecule has 7 nitrogen and oxygen atoms in total. The fraction of sp³-hybridized carbons (Fsp3) is 0.0625. The van der Waals surface area contributed by atoms with Gasteiger partial charge in [0.2, 0.25) is 0 Å². The van der Waals surface area contributed by atoms with Crippen LogP contribution in [0.3, 0.4) is 0 Å². The van der Waals surface area contributed by atoms with Crippen molar-refractivity contribution in [2.75, 3.05) is 0 Å². The average molecular weight is 522 g/mol. The summed E-state index contributed by atoms with van der Waals surface area (Å²) >= 11 is 0. The van der Waals surface area contributed by atoms with Crippen molar-refractivity contribution in [2.45, 2.75) is 6.18 Å². The first-order valence-electron chi connectivity index (χ1n) is 6.71. The van der Waals surface area contributed by atoms with E-state index in [-0.39, 0.29) is 76.9 Å². The van der Waals surface area contributed by atoms with Crippen LogP contribution in [0.4, 0.5) is 13.2 Å². The third-order valence-electron chi connectivity index (χ3n) is 3.46. The molecule has 11 heteroatoms. The summed E-state index contributed by atoms with van der Waals surface area (Å²) < 4.78 is 39.4. The number of fused-ring (bicyclic) bond motifs is 1. The summed E-state index contributed by atoms with van der Waals surface area (Å²) in [7, 11) is 0. The fourth-order valence-corrected chi connectivity index (χ4v) is 2.42. The Kier molecular flexibility index (Phi) is 8.93. The molecule has 145 valence electrons. The van der Waals surface area contributed by atoms with Gasteiger partial charge < -0.3 is 16.1 Å². The molecule has 0 spiro atoms. The zero-order valence-electron chi connectivity index (χ0n) is 13.3. The molecule has 0 aliphatic rings. The Balaban J connectivity index is 0.00000225. The van der Waals surface area contributed by atoms with Crippen molar-refractivity contribution in [1.82, 2.24) is 9.55 Å². The number of para-hydroxylation sites is 1. The number of rotatable bonds is 2. The molecule has 0 amide bonds.